The maximum atomic E-state index is 12.1. The molecule has 0 radical (unpaired) electrons. The summed E-state index contributed by atoms with van der Waals surface area (Å²) >= 11 is 14.3. The first kappa shape index (κ1) is 21.0. The molecule has 2 N–H and O–H groups in total. The molecule has 0 heterocycles. The number of nitrogens with one attached hydrogen (secondary N) is 2. The molecule has 0 aliphatic carbocycles. The molecule has 0 saturated carbocycles. The van der Waals surface area contributed by atoms with Crippen molar-refractivity contribution in [2.24, 2.45) is 0 Å². The van der Waals surface area contributed by atoms with E-state index in [0.29, 0.717) is 11.4 Å². The van der Waals surface area contributed by atoms with Crippen LogP contribution in [0.4, 0.5) is 11.4 Å². The Hall–Kier alpha value is -2.75. The van der Waals surface area contributed by atoms with E-state index in [9.17, 15) is 14.9 Å². The zero-order chi connectivity index (χ0) is 21.0. The van der Waals surface area contributed by atoms with Crippen molar-refractivity contribution >= 4 is 72.9 Å². The second-order valence-electron chi connectivity index (χ2n) is 5.81. The van der Waals surface area contributed by atoms with Crippen LogP contribution in [0.15, 0.2) is 59.1 Å². The molecule has 0 aliphatic rings. The lowest BCUT2D eigenvalue weighted by Gasteiger charge is -2.12. The van der Waals surface area contributed by atoms with Crippen molar-refractivity contribution < 1.29 is 14.5 Å². The van der Waals surface area contributed by atoms with Crippen molar-refractivity contribution in [3.63, 3.8) is 0 Å². The summed E-state index contributed by atoms with van der Waals surface area (Å²) in [5.41, 5.74) is 0.0554. The minimum atomic E-state index is -0.607. The largest absolute Gasteiger partial charge is 0.483 e. The number of anilines is 1. The van der Waals surface area contributed by atoms with Crippen LogP contribution < -0.4 is 15.4 Å². The van der Waals surface area contributed by atoms with Gasteiger partial charge in [0.2, 0.25) is 0 Å². The van der Waals surface area contributed by atoms with Gasteiger partial charge < -0.3 is 10.1 Å². The highest BCUT2D eigenvalue weighted by Crippen LogP contribution is 2.33. The van der Waals surface area contributed by atoms with E-state index in [-0.39, 0.29) is 22.4 Å². The Morgan fingerprint density at radius 3 is 2.72 bits per heavy atom. The number of thiocarbonyl (C=S) groups is 1. The van der Waals surface area contributed by atoms with Gasteiger partial charge in [0.15, 0.2) is 11.7 Å². The number of nitro benzene ring substituents is 1. The predicted molar refractivity (Wildman–Crippen MR) is 120 cm³/mol. The van der Waals surface area contributed by atoms with Crippen molar-refractivity contribution in [2.75, 3.05) is 11.9 Å². The molecule has 1 amide bonds. The summed E-state index contributed by atoms with van der Waals surface area (Å²) in [6.45, 7) is -0.264. The Kier molecular flexibility index (Phi) is 6.63. The highest BCUT2D eigenvalue weighted by Gasteiger charge is 2.14. The number of hydrogen-bond acceptors (Lipinski definition) is 5. The van der Waals surface area contributed by atoms with Gasteiger partial charge in [-0.05, 0) is 57.1 Å². The highest BCUT2D eigenvalue weighted by molar-refractivity contribution is 9.10. The topological polar surface area (TPSA) is 93.5 Å². The van der Waals surface area contributed by atoms with Gasteiger partial charge in [0.1, 0.15) is 10.8 Å². The normalized spacial score (nSPS) is 10.4. The molecule has 0 spiro atoms. The molecular formula is C19H13BrClN3O4S. The first-order valence-electron chi connectivity index (χ1n) is 8.20. The number of hydrogen-bond donors (Lipinski definition) is 2. The van der Waals surface area contributed by atoms with Crippen molar-refractivity contribution in [3.8, 4) is 5.75 Å². The number of nitro groups is 1. The van der Waals surface area contributed by atoms with Crippen LogP contribution in [-0.4, -0.2) is 22.5 Å². The van der Waals surface area contributed by atoms with Crippen LogP contribution in [-0.2, 0) is 4.79 Å². The Balaban J connectivity index is 1.58. The molecule has 3 aromatic carbocycles. The van der Waals surface area contributed by atoms with Gasteiger partial charge in [0.25, 0.3) is 11.6 Å². The van der Waals surface area contributed by atoms with E-state index < -0.39 is 10.8 Å². The van der Waals surface area contributed by atoms with Gasteiger partial charge in [-0.3, -0.25) is 20.2 Å². The number of carbonyl (C=O) groups is 1. The first-order chi connectivity index (χ1) is 13.8. The second-order valence-corrected chi connectivity index (χ2v) is 7.42. The summed E-state index contributed by atoms with van der Waals surface area (Å²) in [5, 5.41) is 18.1. The SMILES string of the molecule is O=C(COc1ccc2ccccc2c1Br)NC(=S)Nc1ccc(Cl)c([N+](=O)[O-])c1. The van der Waals surface area contributed by atoms with Crippen LogP contribution in [0.25, 0.3) is 10.8 Å². The first-order valence-corrected chi connectivity index (χ1v) is 9.78. The summed E-state index contributed by atoms with van der Waals surface area (Å²) in [4.78, 5) is 22.4. The molecule has 0 fully saturated rings. The number of fused-ring (bicyclic) bond motifs is 1. The number of nitrogens with zero attached hydrogens (tertiary/aromatic N) is 1. The lowest BCUT2D eigenvalue weighted by atomic mass is 10.1. The van der Waals surface area contributed by atoms with Crippen LogP contribution in [0.3, 0.4) is 0 Å². The van der Waals surface area contributed by atoms with Gasteiger partial charge in [0.05, 0.1) is 9.40 Å². The number of halogens is 2. The minimum absolute atomic E-state index is 0.00451. The lowest BCUT2D eigenvalue weighted by Crippen LogP contribution is -2.37. The molecule has 10 heteroatoms. The van der Waals surface area contributed by atoms with Gasteiger partial charge in [-0.1, -0.05) is 41.9 Å². The van der Waals surface area contributed by atoms with E-state index >= 15 is 0 Å². The van der Waals surface area contributed by atoms with Crippen LogP contribution in [0.5, 0.6) is 5.75 Å². The molecule has 148 valence electrons. The number of benzene rings is 3. The average Bonchev–Trinajstić information content (AvgIpc) is 2.69. The van der Waals surface area contributed by atoms with E-state index in [1.807, 2.05) is 30.3 Å². The predicted octanol–water partition coefficient (Wildman–Crippen LogP) is 5.06. The maximum absolute atomic E-state index is 12.1. The Bertz CT molecular complexity index is 1130. The molecule has 0 atom stereocenters. The Morgan fingerprint density at radius 1 is 1.21 bits per heavy atom. The number of carbonyl (C=O) groups excluding carboxylic acids is 1. The minimum Gasteiger partial charge on any atom is -0.483 e. The monoisotopic (exact) mass is 493 g/mol. The smallest absolute Gasteiger partial charge is 0.289 e. The molecular weight excluding hydrogens is 482 g/mol. The maximum Gasteiger partial charge on any atom is 0.289 e. The molecule has 0 unspecified atom stereocenters. The van der Waals surface area contributed by atoms with Crippen LogP contribution in [0, 0.1) is 10.1 Å². The molecule has 3 rings (SSSR count). The number of amides is 1. The molecule has 7 nitrogen and oxygen atoms in total. The van der Waals surface area contributed by atoms with Gasteiger partial charge in [-0.25, -0.2) is 0 Å². The van der Waals surface area contributed by atoms with Crippen LogP contribution in [0.2, 0.25) is 5.02 Å². The Labute approximate surface area is 184 Å². The fraction of sp³-hybridized carbons (Fsp3) is 0.0526. The summed E-state index contributed by atoms with van der Waals surface area (Å²) in [6.07, 6.45) is 0. The van der Waals surface area contributed by atoms with Gasteiger partial charge in [-0.2, -0.15) is 0 Å². The number of rotatable bonds is 5. The molecule has 0 bridgehead atoms. The fourth-order valence-electron chi connectivity index (χ4n) is 2.52. The molecule has 0 saturated heterocycles. The zero-order valence-corrected chi connectivity index (χ0v) is 17.8. The van der Waals surface area contributed by atoms with Crippen molar-refractivity contribution in [2.45, 2.75) is 0 Å². The summed E-state index contributed by atoms with van der Waals surface area (Å²) < 4.78 is 6.32. The van der Waals surface area contributed by atoms with E-state index in [1.54, 1.807) is 6.07 Å². The molecule has 29 heavy (non-hydrogen) atoms. The number of ether oxygens (including phenoxy) is 1. The van der Waals surface area contributed by atoms with Crippen molar-refractivity contribution in [1.82, 2.24) is 5.32 Å². The highest BCUT2D eigenvalue weighted by atomic mass is 79.9. The third kappa shape index (κ3) is 5.20. The summed E-state index contributed by atoms with van der Waals surface area (Å²) in [7, 11) is 0. The zero-order valence-electron chi connectivity index (χ0n) is 14.6. The molecule has 0 aromatic heterocycles. The third-order valence-corrected chi connectivity index (χ3v) is 5.18. The molecule has 3 aromatic rings. The van der Waals surface area contributed by atoms with E-state index in [2.05, 4.69) is 26.6 Å². The fourth-order valence-corrected chi connectivity index (χ4v) is 3.55. The summed E-state index contributed by atoms with van der Waals surface area (Å²) in [6, 6.07) is 15.5. The average molecular weight is 495 g/mol. The van der Waals surface area contributed by atoms with E-state index in [1.165, 1.54) is 18.2 Å². The van der Waals surface area contributed by atoms with E-state index in [4.69, 9.17) is 28.6 Å². The Morgan fingerprint density at radius 2 is 1.97 bits per heavy atom. The van der Waals surface area contributed by atoms with Gasteiger partial charge in [-0.15, -0.1) is 0 Å². The van der Waals surface area contributed by atoms with Crippen LogP contribution >= 0.6 is 39.7 Å². The lowest BCUT2D eigenvalue weighted by molar-refractivity contribution is -0.384. The van der Waals surface area contributed by atoms with Gasteiger partial charge >= 0.3 is 0 Å². The standard InChI is InChI=1S/C19H13BrClN3O4S/c20-18-13-4-2-1-3-11(13)5-8-16(18)28-10-17(25)23-19(29)22-12-6-7-14(21)15(9-12)24(26)27/h1-9H,10H2,(H2,22,23,25,29). The third-order valence-electron chi connectivity index (χ3n) is 3.84. The van der Waals surface area contributed by atoms with E-state index in [0.717, 1.165) is 15.2 Å². The van der Waals surface area contributed by atoms with Crippen molar-refractivity contribution in [3.05, 3.63) is 74.2 Å². The van der Waals surface area contributed by atoms with Gasteiger partial charge in [0, 0.05) is 11.8 Å². The summed E-state index contributed by atoms with van der Waals surface area (Å²) in [5.74, 6) is 0.0390. The molecule has 0 aliphatic heterocycles. The van der Waals surface area contributed by atoms with Crippen molar-refractivity contribution in [1.29, 1.82) is 0 Å². The van der Waals surface area contributed by atoms with Crippen LogP contribution in [0.1, 0.15) is 0 Å². The second kappa shape index (κ2) is 9.17. The quantitative estimate of drug-likeness (QED) is 0.293.